The van der Waals surface area contributed by atoms with Crippen molar-refractivity contribution in [1.29, 1.82) is 0 Å². The van der Waals surface area contributed by atoms with E-state index in [-0.39, 0.29) is 0 Å². The number of hydrogen-bond acceptors (Lipinski definition) is 2. The van der Waals surface area contributed by atoms with Crippen LogP contribution in [0, 0.1) is 11.6 Å². The molecule has 0 unspecified atom stereocenters. The van der Waals surface area contributed by atoms with Gasteiger partial charge in [0.1, 0.15) is 16.6 Å². The molecule has 0 amide bonds. The summed E-state index contributed by atoms with van der Waals surface area (Å²) in [7, 11) is 0. The Hall–Kier alpha value is -1.29. The van der Waals surface area contributed by atoms with Crippen LogP contribution in [0.4, 0.5) is 8.78 Å². The molecule has 0 saturated carbocycles. The molecule has 1 heterocycles. The zero-order chi connectivity index (χ0) is 9.26. The van der Waals surface area contributed by atoms with Gasteiger partial charge in [0.2, 0.25) is 0 Å². The van der Waals surface area contributed by atoms with Gasteiger partial charge in [-0.25, -0.2) is 13.8 Å². The van der Waals surface area contributed by atoms with Gasteiger partial charge in [-0.3, -0.25) is 0 Å². The third-order valence-corrected chi connectivity index (χ3v) is 2.36. The van der Waals surface area contributed by atoms with Crippen molar-refractivity contribution in [3.05, 3.63) is 41.4 Å². The number of nitrogens with zero attached hydrogens (tertiary/aromatic N) is 1. The van der Waals surface area contributed by atoms with Gasteiger partial charge in [0.25, 0.3) is 0 Å². The van der Waals surface area contributed by atoms with Gasteiger partial charge in [0.15, 0.2) is 0 Å². The molecule has 0 aliphatic heterocycles. The van der Waals surface area contributed by atoms with Crippen LogP contribution in [0.3, 0.4) is 0 Å². The third-order valence-electron chi connectivity index (χ3n) is 1.54. The molecule has 0 N–H and O–H groups in total. The van der Waals surface area contributed by atoms with Crippen molar-refractivity contribution < 1.29 is 8.78 Å². The maximum atomic E-state index is 12.8. The van der Waals surface area contributed by atoms with E-state index in [1.807, 2.05) is 0 Å². The van der Waals surface area contributed by atoms with E-state index in [0.717, 1.165) is 6.07 Å². The summed E-state index contributed by atoms with van der Waals surface area (Å²) < 4.78 is 25.5. The molecule has 0 aliphatic carbocycles. The highest BCUT2D eigenvalue weighted by atomic mass is 32.1. The highest BCUT2D eigenvalue weighted by Gasteiger charge is 2.04. The van der Waals surface area contributed by atoms with E-state index in [1.165, 1.54) is 23.5 Å². The van der Waals surface area contributed by atoms with Crippen LogP contribution in [-0.2, 0) is 0 Å². The summed E-state index contributed by atoms with van der Waals surface area (Å²) in [6.07, 6.45) is 1.60. The van der Waals surface area contributed by atoms with Crippen LogP contribution in [0.15, 0.2) is 29.8 Å². The average Bonchev–Trinajstić information content (AvgIpc) is 2.53. The Kier molecular flexibility index (Phi) is 2.06. The van der Waals surface area contributed by atoms with Crippen LogP contribution in [0.1, 0.15) is 0 Å². The van der Waals surface area contributed by atoms with E-state index in [2.05, 4.69) is 4.98 Å². The van der Waals surface area contributed by atoms with E-state index in [1.54, 1.807) is 11.6 Å². The van der Waals surface area contributed by atoms with Gasteiger partial charge in [0.05, 0.1) is 0 Å². The Morgan fingerprint density at radius 2 is 1.77 bits per heavy atom. The molecule has 66 valence electrons. The maximum absolute atomic E-state index is 12.8. The second-order valence-corrected chi connectivity index (χ2v) is 3.39. The van der Waals surface area contributed by atoms with Gasteiger partial charge in [0, 0.05) is 23.2 Å². The quantitative estimate of drug-likeness (QED) is 0.684. The first-order valence-electron chi connectivity index (χ1n) is 3.61. The van der Waals surface area contributed by atoms with E-state index in [0.29, 0.717) is 10.6 Å². The number of rotatable bonds is 1. The molecule has 1 nitrogen and oxygen atoms in total. The van der Waals surface area contributed by atoms with E-state index in [4.69, 9.17) is 0 Å². The molecule has 1 aromatic carbocycles. The minimum absolute atomic E-state index is 0.479. The van der Waals surface area contributed by atoms with Gasteiger partial charge < -0.3 is 0 Å². The lowest BCUT2D eigenvalue weighted by atomic mass is 10.2. The van der Waals surface area contributed by atoms with Gasteiger partial charge >= 0.3 is 0 Å². The Bertz CT molecular complexity index is 391. The van der Waals surface area contributed by atoms with Crippen molar-refractivity contribution in [1.82, 2.24) is 4.98 Å². The van der Waals surface area contributed by atoms with Crippen molar-refractivity contribution in [2.45, 2.75) is 0 Å². The van der Waals surface area contributed by atoms with Crippen molar-refractivity contribution in [3.8, 4) is 10.6 Å². The van der Waals surface area contributed by atoms with Crippen LogP contribution in [-0.4, -0.2) is 4.98 Å². The summed E-state index contributed by atoms with van der Waals surface area (Å²) in [5, 5.41) is 2.39. The molecule has 0 atom stereocenters. The summed E-state index contributed by atoms with van der Waals surface area (Å²) in [5.41, 5.74) is 0.479. The summed E-state index contributed by atoms with van der Waals surface area (Å²) >= 11 is 1.35. The zero-order valence-electron chi connectivity index (χ0n) is 6.50. The normalized spacial score (nSPS) is 10.3. The molecule has 0 spiro atoms. The first-order chi connectivity index (χ1) is 6.25. The van der Waals surface area contributed by atoms with Crippen LogP contribution >= 0.6 is 11.3 Å². The van der Waals surface area contributed by atoms with Crippen LogP contribution < -0.4 is 0 Å². The van der Waals surface area contributed by atoms with Gasteiger partial charge in [-0.1, -0.05) is 0 Å². The fourth-order valence-electron chi connectivity index (χ4n) is 1.04. The van der Waals surface area contributed by atoms with Gasteiger partial charge in [-0.15, -0.1) is 11.3 Å². The van der Waals surface area contributed by atoms with Gasteiger partial charge in [-0.05, 0) is 12.1 Å². The smallest absolute Gasteiger partial charge is 0.126 e. The number of halogens is 2. The Labute approximate surface area is 77.7 Å². The first kappa shape index (κ1) is 8.31. The molecule has 0 radical (unpaired) electrons. The SMILES string of the molecule is Fc1cc(F)cc(-c2nccs2)c1. The third kappa shape index (κ3) is 1.72. The van der Waals surface area contributed by atoms with Crippen molar-refractivity contribution >= 4 is 11.3 Å². The molecule has 4 heteroatoms. The predicted molar refractivity (Wildman–Crippen MR) is 47.5 cm³/mol. The molecule has 2 aromatic rings. The molecule has 0 bridgehead atoms. The monoisotopic (exact) mass is 197 g/mol. The van der Waals surface area contributed by atoms with Crippen molar-refractivity contribution in [3.63, 3.8) is 0 Å². The summed E-state index contributed by atoms with van der Waals surface area (Å²) in [4.78, 5) is 3.95. The molecule has 1 aromatic heterocycles. The second kappa shape index (κ2) is 3.22. The molecule has 13 heavy (non-hydrogen) atoms. The molecule has 0 saturated heterocycles. The molecular formula is C9H5F2NS. The fourth-order valence-corrected chi connectivity index (χ4v) is 1.67. The standard InChI is InChI=1S/C9H5F2NS/c10-7-3-6(4-8(11)5-7)9-12-1-2-13-9/h1-5H. The minimum Gasteiger partial charge on any atom is -0.245 e. The highest BCUT2D eigenvalue weighted by Crippen LogP contribution is 2.23. The van der Waals surface area contributed by atoms with Crippen LogP contribution in [0.2, 0.25) is 0 Å². The zero-order valence-corrected chi connectivity index (χ0v) is 7.31. The largest absolute Gasteiger partial charge is 0.245 e. The number of benzene rings is 1. The average molecular weight is 197 g/mol. The highest BCUT2D eigenvalue weighted by molar-refractivity contribution is 7.13. The summed E-state index contributed by atoms with van der Waals surface area (Å²) in [5.74, 6) is -1.16. The Morgan fingerprint density at radius 1 is 1.08 bits per heavy atom. The second-order valence-electron chi connectivity index (χ2n) is 2.50. The molecular weight excluding hydrogens is 192 g/mol. The topological polar surface area (TPSA) is 12.9 Å². The summed E-state index contributed by atoms with van der Waals surface area (Å²) in [6.45, 7) is 0. The molecule has 0 fully saturated rings. The van der Waals surface area contributed by atoms with Crippen molar-refractivity contribution in [2.24, 2.45) is 0 Å². The lowest BCUT2D eigenvalue weighted by molar-refractivity contribution is 0.584. The Balaban J connectivity index is 2.53. The minimum atomic E-state index is -0.579. The van der Waals surface area contributed by atoms with E-state index < -0.39 is 11.6 Å². The number of aromatic nitrogens is 1. The molecule has 2 rings (SSSR count). The lowest BCUT2D eigenvalue weighted by Crippen LogP contribution is -1.82. The lowest BCUT2D eigenvalue weighted by Gasteiger charge is -1.96. The summed E-state index contributed by atoms with van der Waals surface area (Å²) in [6, 6.07) is 3.38. The van der Waals surface area contributed by atoms with Crippen LogP contribution in [0.5, 0.6) is 0 Å². The number of hydrogen-bond donors (Lipinski definition) is 0. The van der Waals surface area contributed by atoms with E-state index in [9.17, 15) is 8.78 Å². The predicted octanol–water partition coefficient (Wildman–Crippen LogP) is 3.09. The fraction of sp³-hybridized carbons (Fsp3) is 0. The maximum Gasteiger partial charge on any atom is 0.126 e. The van der Waals surface area contributed by atoms with Gasteiger partial charge in [-0.2, -0.15) is 0 Å². The number of thiazole rings is 1. The first-order valence-corrected chi connectivity index (χ1v) is 4.49. The van der Waals surface area contributed by atoms with Crippen molar-refractivity contribution in [2.75, 3.05) is 0 Å². The molecule has 0 aliphatic rings. The van der Waals surface area contributed by atoms with E-state index >= 15 is 0 Å². The van der Waals surface area contributed by atoms with Crippen LogP contribution in [0.25, 0.3) is 10.6 Å². The Morgan fingerprint density at radius 3 is 2.31 bits per heavy atom.